The number of benzene rings is 2. The molecule has 9 heteroatoms. The van der Waals surface area contributed by atoms with Gasteiger partial charge < -0.3 is 9.88 Å². The maximum atomic E-state index is 12.3. The van der Waals surface area contributed by atoms with Crippen LogP contribution in [0.2, 0.25) is 15.1 Å². The van der Waals surface area contributed by atoms with Crippen molar-refractivity contribution in [1.82, 2.24) is 14.8 Å². The first-order chi connectivity index (χ1) is 13.0. The van der Waals surface area contributed by atoms with E-state index in [1.165, 1.54) is 11.8 Å². The predicted octanol–water partition coefficient (Wildman–Crippen LogP) is 5.66. The predicted molar refractivity (Wildman–Crippen MR) is 112 cm³/mol. The van der Waals surface area contributed by atoms with Crippen molar-refractivity contribution in [2.45, 2.75) is 18.6 Å². The van der Waals surface area contributed by atoms with E-state index in [1.807, 2.05) is 23.6 Å². The number of aromatic nitrogens is 3. The van der Waals surface area contributed by atoms with E-state index in [0.717, 1.165) is 11.4 Å². The molecule has 2 aromatic carbocycles. The maximum Gasteiger partial charge on any atom is 0.234 e. The van der Waals surface area contributed by atoms with Crippen molar-refractivity contribution in [3.8, 4) is 11.4 Å². The topological polar surface area (TPSA) is 59.8 Å². The van der Waals surface area contributed by atoms with Crippen LogP contribution in [0.25, 0.3) is 11.4 Å². The normalized spacial score (nSPS) is 10.8. The zero-order chi connectivity index (χ0) is 19.4. The van der Waals surface area contributed by atoms with E-state index < -0.39 is 0 Å². The summed E-state index contributed by atoms with van der Waals surface area (Å²) < 4.78 is 1.95. The van der Waals surface area contributed by atoms with Crippen molar-refractivity contribution in [3.63, 3.8) is 0 Å². The first-order valence-corrected chi connectivity index (χ1v) is 10.2. The minimum atomic E-state index is -0.206. The Labute approximate surface area is 176 Å². The summed E-state index contributed by atoms with van der Waals surface area (Å²) in [5.74, 6) is 0.694. The largest absolute Gasteiger partial charge is 0.324 e. The Morgan fingerprint density at radius 1 is 1.11 bits per heavy atom. The first-order valence-electron chi connectivity index (χ1n) is 8.05. The first kappa shape index (κ1) is 20.0. The third-order valence-corrected chi connectivity index (χ3v) is 5.73. The molecular formula is C18H15Cl3N4OS. The lowest BCUT2D eigenvalue weighted by molar-refractivity contribution is -0.113. The highest BCUT2D eigenvalue weighted by Gasteiger charge is 2.15. The molecule has 27 heavy (non-hydrogen) atoms. The Morgan fingerprint density at radius 3 is 2.56 bits per heavy atom. The average Bonchev–Trinajstić information content (AvgIpc) is 3.07. The third kappa shape index (κ3) is 4.76. The fraction of sp³-hybridized carbons (Fsp3) is 0.167. The SMILES string of the molecule is CCn1c(SCC(=O)Nc2cccc(Cl)c2Cl)nnc1-c1ccc(Cl)cc1. The van der Waals surface area contributed by atoms with Crippen molar-refractivity contribution in [2.75, 3.05) is 11.1 Å². The number of carbonyl (C=O) groups is 1. The summed E-state index contributed by atoms with van der Waals surface area (Å²) in [5, 5.41) is 13.3. The maximum absolute atomic E-state index is 12.3. The van der Waals surface area contributed by atoms with Gasteiger partial charge in [0, 0.05) is 17.1 Å². The fourth-order valence-electron chi connectivity index (χ4n) is 2.41. The average molecular weight is 442 g/mol. The highest BCUT2D eigenvalue weighted by atomic mass is 35.5. The summed E-state index contributed by atoms with van der Waals surface area (Å²) in [5.41, 5.74) is 1.39. The van der Waals surface area contributed by atoms with Gasteiger partial charge in [0.1, 0.15) is 0 Å². The molecule has 0 aliphatic heterocycles. The highest BCUT2D eigenvalue weighted by molar-refractivity contribution is 7.99. The number of nitrogens with one attached hydrogen (secondary N) is 1. The van der Waals surface area contributed by atoms with E-state index in [0.29, 0.717) is 32.5 Å². The van der Waals surface area contributed by atoms with Crippen LogP contribution in [0, 0.1) is 0 Å². The number of anilines is 1. The van der Waals surface area contributed by atoms with E-state index in [2.05, 4.69) is 15.5 Å². The second-order valence-corrected chi connectivity index (χ2v) is 7.66. The molecule has 140 valence electrons. The molecular weight excluding hydrogens is 427 g/mol. The molecule has 0 saturated heterocycles. The van der Waals surface area contributed by atoms with E-state index >= 15 is 0 Å². The Morgan fingerprint density at radius 2 is 1.85 bits per heavy atom. The molecule has 1 amide bonds. The molecule has 0 bridgehead atoms. The number of thioether (sulfide) groups is 1. The standard InChI is InChI=1S/C18H15Cl3N4OS/c1-2-25-17(11-6-8-12(19)9-7-11)23-24-18(25)27-10-15(26)22-14-5-3-4-13(20)16(14)21/h3-9H,2,10H2,1H3,(H,22,26). The summed E-state index contributed by atoms with van der Waals surface area (Å²) in [6.07, 6.45) is 0. The van der Waals surface area contributed by atoms with Gasteiger partial charge in [-0.1, -0.05) is 52.6 Å². The Kier molecular flexibility index (Phi) is 6.65. The van der Waals surface area contributed by atoms with Gasteiger partial charge in [-0.25, -0.2) is 0 Å². The molecule has 0 fully saturated rings. The van der Waals surface area contributed by atoms with Gasteiger partial charge in [-0.15, -0.1) is 10.2 Å². The fourth-order valence-corrected chi connectivity index (χ4v) is 3.69. The molecule has 1 aromatic heterocycles. The van der Waals surface area contributed by atoms with Crippen LogP contribution >= 0.6 is 46.6 Å². The van der Waals surface area contributed by atoms with E-state index in [9.17, 15) is 4.79 Å². The molecule has 3 aromatic rings. The van der Waals surface area contributed by atoms with Crippen LogP contribution in [-0.2, 0) is 11.3 Å². The molecule has 0 unspecified atom stereocenters. The van der Waals surface area contributed by atoms with Crippen molar-refractivity contribution in [3.05, 3.63) is 57.5 Å². The van der Waals surface area contributed by atoms with E-state index in [4.69, 9.17) is 34.8 Å². The second-order valence-electron chi connectivity index (χ2n) is 5.50. The molecule has 3 rings (SSSR count). The van der Waals surface area contributed by atoms with Crippen molar-refractivity contribution < 1.29 is 4.79 Å². The van der Waals surface area contributed by atoms with Crippen molar-refractivity contribution in [1.29, 1.82) is 0 Å². The van der Waals surface area contributed by atoms with E-state index in [1.54, 1.807) is 30.3 Å². The molecule has 0 saturated carbocycles. The summed E-state index contributed by atoms with van der Waals surface area (Å²) in [7, 11) is 0. The summed E-state index contributed by atoms with van der Waals surface area (Å²) in [4.78, 5) is 12.3. The molecule has 0 aliphatic rings. The van der Waals surface area contributed by atoms with Gasteiger partial charge in [-0.2, -0.15) is 0 Å². The molecule has 0 aliphatic carbocycles. The van der Waals surface area contributed by atoms with Crippen LogP contribution in [0.1, 0.15) is 6.92 Å². The van der Waals surface area contributed by atoms with Gasteiger partial charge >= 0.3 is 0 Å². The van der Waals surface area contributed by atoms with Gasteiger partial charge in [0.05, 0.1) is 21.5 Å². The van der Waals surface area contributed by atoms with Crippen LogP contribution in [0.5, 0.6) is 0 Å². The van der Waals surface area contributed by atoms with Gasteiger partial charge in [-0.3, -0.25) is 4.79 Å². The Bertz CT molecular complexity index is 960. The smallest absolute Gasteiger partial charge is 0.234 e. The molecule has 1 N–H and O–H groups in total. The number of halogens is 3. The number of nitrogens with zero attached hydrogens (tertiary/aromatic N) is 3. The number of hydrogen-bond donors (Lipinski definition) is 1. The van der Waals surface area contributed by atoms with Gasteiger partial charge in [0.25, 0.3) is 0 Å². The lowest BCUT2D eigenvalue weighted by atomic mass is 10.2. The van der Waals surface area contributed by atoms with Crippen LogP contribution in [0.3, 0.4) is 0 Å². The van der Waals surface area contributed by atoms with Crippen LogP contribution in [-0.4, -0.2) is 26.4 Å². The minimum Gasteiger partial charge on any atom is -0.324 e. The molecule has 0 radical (unpaired) electrons. The van der Waals surface area contributed by atoms with Crippen molar-refractivity contribution >= 4 is 58.2 Å². The number of carbonyl (C=O) groups excluding carboxylic acids is 1. The quantitative estimate of drug-likeness (QED) is 0.502. The molecule has 0 atom stereocenters. The van der Waals surface area contributed by atoms with Gasteiger partial charge in [0.2, 0.25) is 5.91 Å². The van der Waals surface area contributed by atoms with Crippen LogP contribution < -0.4 is 5.32 Å². The molecule has 0 spiro atoms. The highest BCUT2D eigenvalue weighted by Crippen LogP contribution is 2.30. The molecule has 1 heterocycles. The number of hydrogen-bond acceptors (Lipinski definition) is 4. The zero-order valence-electron chi connectivity index (χ0n) is 14.2. The second kappa shape index (κ2) is 8.97. The summed E-state index contributed by atoms with van der Waals surface area (Å²) in [6, 6.07) is 12.5. The van der Waals surface area contributed by atoms with Gasteiger partial charge in [0.15, 0.2) is 11.0 Å². The number of amides is 1. The number of rotatable bonds is 6. The molecule has 5 nitrogen and oxygen atoms in total. The van der Waals surface area contributed by atoms with Gasteiger partial charge in [-0.05, 0) is 43.3 Å². The summed E-state index contributed by atoms with van der Waals surface area (Å²) in [6.45, 7) is 2.67. The monoisotopic (exact) mass is 440 g/mol. The third-order valence-electron chi connectivity index (χ3n) is 3.69. The van der Waals surface area contributed by atoms with Crippen LogP contribution in [0.15, 0.2) is 47.6 Å². The summed E-state index contributed by atoms with van der Waals surface area (Å²) >= 11 is 19.3. The zero-order valence-corrected chi connectivity index (χ0v) is 17.3. The lowest BCUT2D eigenvalue weighted by Gasteiger charge is -2.09. The lowest BCUT2D eigenvalue weighted by Crippen LogP contribution is -2.15. The minimum absolute atomic E-state index is 0.168. The van der Waals surface area contributed by atoms with Crippen LogP contribution in [0.4, 0.5) is 5.69 Å². The van der Waals surface area contributed by atoms with E-state index in [-0.39, 0.29) is 11.7 Å². The Hall–Kier alpha value is -1.73. The van der Waals surface area contributed by atoms with Crippen molar-refractivity contribution in [2.24, 2.45) is 0 Å². The Balaban J connectivity index is 1.70.